The maximum absolute atomic E-state index is 6.52. The van der Waals surface area contributed by atoms with Gasteiger partial charge in [0.1, 0.15) is 0 Å². The first-order valence-electron chi connectivity index (χ1n) is 7.69. The molecule has 0 radical (unpaired) electrons. The number of ether oxygens (including phenoxy) is 1. The van der Waals surface area contributed by atoms with Crippen LogP contribution in [0, 0.1) is 0 Å². The van der Waals surface area contributed by atoms with Crippen LogP contribution in [0.2, 0.25) is 0 Å². The molecule has 2 atom stereocenters. The van der Waals surface area contributed by atoms with Crippen molar-refractivity contribution < 1.29 is 4.74 Å². The molecule has 18 heavy (non-hydrogen) atoms. The summed E-state index contributed by atoms with van der Waals surface area (Å²) in [5.74, 6) is 0. The zero-order valence-electron chi connectivity index (χ0n) is 12.2. The molecule has 2 aliphatic rings. The minimum absolute atomic E-state index is 0.135. The smallest absolute Gasteiger partial charge is 0.0598 e. The van der Waals surface area contributed by atoms with Crippen molar-refractivity contribution in [2.24, 2.45) is 5.73 Å². The number of hydrogen-bond acceptors (Lipinski definition) is 3. The Labute approximate surface area is 112 Å². The van der Waals surface area contributed by atoms with Gasteiger partial charge >= 0.3 is 0 Å². The van der Waals surface area contributed by atoms with Gasteiger partial charge in [-0.3, -0.25) is 0 Å². The van der Waals surface area contributed by atoms with Gasteiger partial charge in [0.2, 0.25) is 0 Å². The SMILES string of the molecule is COC1CCN(CCC2(N)CCCCC2)C(C)C1. The molecule has 2 unspecified atom stereocenters. The van der Waals surface area contributed by atoms with Crippen molar-refractivity contribution in [3.05, 3.63) is 0 Å². The quantitative estimate of drug-likeness (QED) is 0.838. The molecule has 3 nitrogen and oxygen atoms in total. The third kappa shape index (κ3) is 3.69. The Bertz CT molecular complexity index is 251. The van der Waals surface area contributed by atoms with Crippen LogP contribution in [0.1, 0.15) is 58.3 Å². The largest absolute Gasteiger partial charge is 0.381 e. The van der Waals surface area contributed by atoms with Crippen LogP contribution < -0.4 is 5.73 Å². The lowest BCUT2D eigenvalue weighted by atomic mass is 9.80. The van der Waals surface area contributed by atoms with E-state index in [9.17, 15) is 0 Å². The molecule has 0 amide bonds. The van der Waals surface area contributed by atoms with Crippen LogP contribution >= 0.6 is 0 Å². The first-order valence-corrected chi connectivity index (χ1v) is 7.69. The molecular weight excluding hydrogens is 224 g/mol. The highest BCUT2D eigenvalue weighted by Gasteiger charge is 2.30. The van der Waals surface area contributed by atoms with E-state index in [1.807, 2.05) is 7.11 Å². The molecule has 0 aromatic rings. The average molecular weight is 254 g/mol. The lowest BCUT2D eigenvalue weighted by molar-refractivity contribution is 0.0128. The summed E-state index contributed by atoms with van der Waals surface area (Å²) in [6, 6.07) is 0.649. The number of nitrogens with two attached hydrogens (primary N) is 1. The van der Waals surface area contributed by atoms with Crippen molar-refractivity contribution in [3.8, 4) is 0 Å². The van der Waals surface area contributed by atoms with Crippen LogP contribution in [0.5, 0.6) is 0 Å². The van der Waals surface area contributed by atoms with Crippen molar-refractivity contribution in [3.63, 3.8) is 0 Å². The highest BCUT2D eigenvalue weighted by Crippen LogP contribution is 2.29. The van der Waals surface area contributed by atoms with Crippen LogP contribution in [0.15, 0.2) is 0 Å². The Morgan fingerprint density at radius 2 is 2.00 bits per heavy atom. The number of nitrogens with zero attached hydrogens (tertiary/aromatic N) is 1. The summed E-state index contributed by atoms with van der Waals surface area (Å²) in [6.45, 7) is 4.68. The summed E-state index contributed by atoms with van der Waals surface area (Å²) in [7, 11) is 1.84. The van der Waals surface area contributed by atoms with E-state index in [0.29, 0.717) is 12.1 Å². The molecule has 1 aliphatic carbocycles. The summed E-state index contributed by atoms with van der Waals surface area (Å²) in [5.41, 5.74) is 6.66. The van der Waals surface area contributed by atoms with Gasteiger partial charge in [0.25, 0.3) is 0 Å². The molecule has 1 heterocycles. The van der Waals surface area contributed by atoms with E-state index in [1.54, 1.807) is 0 Å². The fraction of sp³-hybridized carbons (Fsp3) is 1.00. The van der Waals surface area contributed by atoms with Crippen LogP contribution in [-0.4, -0.2) is 42.8 Å². The van der Waals surface area contributed by atoms with Crippen molar-refractivity contribution in [1.29, 1.82) is 0 Å². The average Bonchev–Trinajstić information content (AvgIpc) is 2.38. The third-order valence-corrected chi connectivity index (χ3v) is 5.05. The molecule has 0 aromatic carbocycles. The predicted molar refractivity (Wildman–Crippen MR) is 75.7 cm³/mol. The summed E-state index contributed by atoms with van der Waals surface area (Å²) >= 11 is 0. The minimum Gasteiger partial charge on any atom is -0.381 e. The van der Waals surface area contributed by atoms with Crippen molar-refractivity contribution in [1.82, 2.24) is 4.90 Å². The summed E-state index contributed by atoms with van der Waals surface area (Å²) < 4.78 is 5.47. The van der Waals surface area contributed by atoms with Crippen molar-refractivity contribution in [2.75, 3.05) is 20.2 Å². The molecule has 1 aliphatic heterocycles. The molecule has 2 rings (SSSR count). The molecule has 1 saturated carbocycles. The second kappa shape index (κ2) is 6.36. The fourth-order valence-electron chi connectivity index (χ4n) is 3.60. The van der Waals surface area contributed by atoms with Crippen LogP contribution in [0.4, 0.5) is 0 Å². The third-order valence-electron chi connectivity index (χ3n) is 5.05. The van der Waals surface area contributed by atoms with E-state index in [1.165, 1.54) is 64.5 Å². The summed E-state index contributed by atoms with van der Waals surface area (Å²) in [4.78, 5) is 2.61. The second-order valence-corrected chi connectivity index (χ2v) is 6.44. The molecule has 2 N–H and O–H groups in total. The van der Waals surface area contributed by atoms with Gasteiger partial charge in [-0.15, -0.1) is 0 Å². The van der Waals surface area contributed by atoms with Gasteiger partial charge in [0.15, 0.2) is 0 Å². The first kappa shape index (κ1) is 14.3. The lowest BCUT2D eigenvalue weighted by Gasteiger charge is -2.40. The number of hydrogen-bond donors (Lipinski definition) is 1. The first-order chi connectivity index (χ1) is 8.63. The van der Waals surface area contributed by atoms with Gasteiger partial charge in [0, 0.05) is 31.8 Å². The van der Waals surface area contributed by atoms with E-state index >= 15 is 0 Å². The number of methoxy groups -OCH3 is 1. The van der Waals surface area contributed by atoms with Crippen molar-refractivity contribution >= 4 is 0 Å². The fourth-order valence-corrected chi connectivity index (χ4v) is 3.60. The molecule has 3 heteroatoms. The van der Waals surface area contributed by atoms with E-state index in [2.05, 4.69) is 11.8 Å². The Kier molecular flexibility index (Phi) is 5.05. The van der Waals surface area contributed by atoms with E-state index < -0.39 is 0 Å². The molecular formula is C15H30N2O. The number of likely N-dealkylation sites (tertiary alicyclic amines) is 1. The Morgan fingerprint density at radius 3 is 2.61 bits per heavy atom. The van der Waals surface area contributed by atoms with Gasteiger partial charge < -0.3 is 15.4 Å². The topological polar surface area (TPSA) is 38.5 Å². The molecule has 1 saturated heterocycles. The minimum atomic E-state index is 0.135. The van der Waals surface area contributed by atoms with Crippen LogP contribution in [-0.2, 0) is 4.74 Å². The Morgan fingerprint density at radius 1 is 1.28 bits per heavy atom. The monoisotopic (exact) mass is 254 g/mol. The van der Waals surface area contributed by atoms with Gasteiger partial charge in [-0.05, 0) is 39.0 Å². The van der Waals surface area contributed by atoms with Gasteiger partial charge in [-0.2, -0.15) is 0 Å². The highest BCUT2D eigenvalue weighted by atomic mass is 16.5. The van der Waals surface area contributed by atoms with E-state index in [0.717, 1.165) is 0 Å². The lowest BCUT2D eigenvalue weighted by Crippen LogP contribution is -2.48. The van der Waals surface area contributed by atoms with Gasteiger partial charge in [0.05, 0.1) is 6.10 Å². The predicted octanol–water partition coefficient (Wildman–Crippen LogP) is 2.54. The normalized spacial score (nSPS) is 33.5. The van der Waals surface area contributed by atoms with Gasteiger partial charge in [-0.25, -0.2) is 0 Å². The maximum Gasteiger partial charge on any atom is 0.0598 e. The standard InChI is InChI=1S/C15H30N2O/c1-13-12-14(18-2)6-10-17(13)11-9-15(16)7-4-3-5-8-15/h13-14H,3-12,16H2,1-2H3. The Hall–Kier alpha value is -0.120. The summed E-state index contributed by atoms with van der Waals surface area (Å²) in [5, 5.41) is 0. The molecule has 0 aromatic heterocycles. The van der Waals surface area contributed by atoms with Crippen molar-refractivity contribution in [2.45, 2.75) is 76.0 Å². The highest BCUT2D eigenvalue weighted by molar-refractivity contribution is 4.89. The van der Waals surface area contributed by atoms with Crippen LogP contribution in [0.25, 0.3) is 0 Å². The van der Waals surface area contributed by atoms with E-state index in [4.69, 9.17) is 10.5 Å². The molecule has 0 bridgehead atoms. The zero-order chi connectivity index (χ0) is 13.0. The van der Waals surface area contributed by atoms with E-state index in [-0.39, 0.29) is 5.54 Å². The molecule has 0 spiro atoms. The van der Waals surface area contributed by atoms with Gasteiger partial charge in [-0.1, -0.05) is 19.3 Å². The molecule has 106 valence electrons. The number of rotatable bonds is 4. The maximum atomic E-state index is 6.52. The molecule has 2 fully saturated rings. The Balaban J connectivity index is 1.76. The number of piperidine rings is 1. The van der Waals surface area contributed by atoms with Crippen LogP contribution in [0.3, 0.4) is 0 Å². The second-order valence-electron chi connectivity index (χ2n) is 6.44. The zero-order valence-corrected chi connectivity index (χ0v) is 12.2. The summed E-state index contributed by atoms with van der Waals surface area (Å²) in [6.07, 6.45) is 10.5.